The van der Waals surface area contributed by atoms with Gasteiger partial charge in [0.05, 0.1) is 50.3 Å². The Morgan fingerprint density at radius 2 is 1.73 bits per heavy atom. The van der Waals surface area contributed by atoms with E-state index in [0.717, 1.165) is 63.5 Å². The van der Waals surface area contributed by atoms with Gasteiger partial charge in [-0.15, -0.1) is 0 Å². The van der Waals surface area contributed by atoms with Crippen molar-refractivity contribution in [3.05, 3.63) is 74.5 Å². The Morgan fingerprint density at radius 3 is 2.42 bits per heavy atom. The molecule has 250 valence electrons. The summed E-state index contributed by atoms with van der Waals surface area (Å²) >= 11 is 13.6. The molecular formula is C33H34Cl2N8O5. The highest BCUT2D eigenvalue weighted by atomic mass is 35.5. The molecule has 0 atom stereocenters. The highest BCUT2D eigenvalue weighted by Crippen LogP contribution is 2.51. The highest BCUT2D eigenvalue weighted by molar-refractivity contribution is 6.41. The van der Waals surface area contributed by atoms with Crippen LogP contribution in [0.2, 0.25) is 10.0 Å². The zero-order chi connectivity index (χ0) is 33.4. The molecule has 7 rings (SSSR count). The Labute approximate surface area is 287 Å². The van der Waals surface area contributed by atoms with E-state index in [-0.39, 0.29) is 16.6 Å². The van der Waals surface area contributed by atoms with Crippen molar-refractivity contribution >= 4 is 57.7 Å². The van der Waals surface area contributed by atoms with Crippen LogP contribution in [0, 0.1) is 10.1 Å². The number of piperidine rings is 1. The number of nitrogens with one attached hydrogen (secondary N) is 1. The maximum absolute atomic E-state index is 12.3. The molecular weight excluding hydrogens is 659 g/mol. The minimum absolute atomic E-state index is 0.0476. The summed E-state index contributed by atoms with van der Waals surface area (Å²) in [6.45, 7) is 5.45. The van der Waals surface area contributed by atoms with Crippen LogP contribution in [0.1, 0.15) is 18.4 Å². The van der Waals surface area contributed by atoms with Crippen LogP contribution in [0.25, 0.3) is 11.3 Å². The lowest BCUT2D eigenvalue weighted by molar-refractivity contribution is -0.383. The molecule has 48 heavy (non-hydrogen) atoms. The number of nitro groups is 1. The van der Waals surface area contributed by atoms with Crippen LogP contribution in [0.5, 0.6) is 11.5 Å². The number of aromatic nitrogens is 3. The van der Waals surface area contributed by atoms with Crippen molar-refractivity contribution in [1.29, 1.82) is 0 Å². The first-order valence-electron chi connectivity index (χ1n) is 15.7. The van der Waals surface area contributed by atoms with Crippen molar-refractivity contribution in [2.24, 2.45) is 0 Å². The smallest absolute Gasteiger partial charge is 0.294 e. The van der Waals surface area contributed by atoms with Crippen molar-refractivity contribution in [1.82, 2.24) is 19.9 Å². The second-order valence-electron chi connectivity index (χ2n) is 11.7. The number of nitrogens with zero attached hydrogens (tertiary/aromatic N) is 7. The Hall–Kier alpha value is -4.43. The standard InChI is InChI=1S/C33H34Cl2N8O5/c1-46-26-17-27(47-2)29(35)31(28(26)34)42-19-20-18-37-33(39-30(20)23-4-3-9-36-32(23)42)38-24-6-5-22(16-25(24)43(44)45)40-10-7-21(8-11-40)41-12-14-48-15-13-41/h3-6,9,16-18,21H,7-8,10-15,19H2,1-2H3,(H,37,38,39). The van der Waals surface area contributed by atoms with Crippen LogP contribution in [0.3, 0.4) is 0 Å². The fourth-order valence-corrected chi connectivity index (χ4v) is 7.38. The van der Waals surface area contributed by atoms with Crippen molar-refractivity contribution in [3.8, 4) is 22.8 Å². The summed E-state index contributed by atoms with van der Waals surface area (Å²) in [7, 11) is 3.04. The molecule has 13 nitrogen and oxygen atoms in total. The first-order chi connectivity index (χ1) is 23.4. The van der Waals surface area contributed by atoms with Gasteiger partial charge in [0.2, 0.25) is 5.95 Å². The highest BCUT2D eigenvalue weighted by Gasteiger charge is 2.32. The molecule has 15 heteroatoms. The quantitative estimate of drug-likeness (QED) is 0.160. The molecule has 0 bridgehead atoms. The number of anilines is 5. The number of hydrogen-bond donors (Lipinski definition) is 1. The number of nitro benzene ring substituents is 1. The molecule has 0 saturated carbocycles. The number of halogens is 2. The predicted molar refractivity (Wildman–Crippen MR) is 185 cm³/mol. The van der Waals surface area contributed by atoms with Crippen molar-refractivity contribution in [3.63, 3.8) is 0 Å². The summed E-state index contributed by atoms with van der Waals surface area (Å²) in [5.41, 5.74) is 3.68. The summed E-state index contributed by atoms with van der Waals surface area (Å²) in [5.74, 6) is 1.59. The molecule has 3 aliphatic rings. The third-order valence-electron chi connectivity index (χ3n) is 9.13. The maximum atomic E-state index is 12.3. The van der Waals surface area contributed by atoms with Crippen molar-refractivity contribution < 1.29 is 19.1 Å². The molecule has 0 unspecified atom stereocenters. The third-order valence-corrected chi connectivity index (χ3v) is 9.86. The normalized spacial score (nSPS) is 16.7. The summed E-state index contributed by atoms with van der Waals surface area (Å²) in [6.07, 6.45) is 5.38. The number of hydrogen-bond acceptors (Lipinski definition) is 12. The minimum atomic E-state index is -0.377. The number of benzene rings is 2. The summed E-state index contributed by atoms with van der Waals surface area (Å²) in [6, 6.07) is 11.1. The first-order valence-corrected chi connectivity index (χ1v) is 16.4. The topological polar surface area (TPSA) is 131 Å². The molecule has 2 aromatic heterocycles. The number of fused-ring (bicyclic) bond motifs is 3. The van der Waals surface area contributed by atoms with Crippen LogP contribution >= 0.6 is 23.2 Å². The van der Waals surface area contributed by atoms with Gasteiger partial charge < -0.3 is 29.3 Å². The summed E-state index contributed by atoms with van der Waals surface area (Å²) < 4.78 is 16.5. The number of methoxy groups -OCH3 is 2. The van der Waals surface area contributed by atoms with E-state index < -0.39 is 0 Å². The van der Waals surface area contributed by atoms with Crippen LogP contribution in [0.4, 0.5) is 34.5 Å². The maximum Gasteiger partial charge on any atom is 0.294 e. The van der Waals surface area contributed by atoms with E-state index in [9.17, 15) is 10.1 Å². The Morgan fingerprint density at radius 1 is 1.00 bits per heavy atom. The second kappa shape index (κ2) is 13.6. The van der Waals surface area contributed by atoms with E-state index in [1.54, 1.807) is 30.6 Å². The number of morpholine rings is 1. The lowest BCUT2D eigenvalue weighted by Crippen LogP contribution is -2.49. The van der Waals surface area contributed by atoms with Gasteiger partial charge in [-0.1, -0.05) is 23.2 Å². The van der Waals surface area contributed by atoms with Crippen molar-refractivity contribution in [2.45, 2.75) is 25.4 Å². The average molecular weight is 694 g/mol. The molecule has 0 spiro atoms. The number of pyridine rings is 1. The van der Waals surface area contributed by atoms with Crippen molar-refractivity contribution in [2.75, 3.05) is 68.7 Å². The molecule has 2 saturated heterocycles. The van der Waals surface area contributed by atoms with Gasteiger partial charge in [0, 0.05) is 73.6 Å². The van der Waals surface area contributed by atoms with E-state index in [1.807, 2.05) is 23.1 Å². The van der Waals surface area contributed by atoms with Gasteiger partial charge in [0.1, 0.15) is 33.0 Å². The van der Waals surface area contributed by atoms with E-state index >= 15 is 0 Å². The van der Waals surface area contributed by atoms with Crippen LogP contribution < -0.4 is 24.6 Å². The fraction of sp³-hybridized carbons (Fsp3) is 0.364. The largest absolute Gasteiger partial charge is 0.495 e. The van der Waals surface area contributed by atoms with Gasteiger partial charge >= 0.3 is 0 Å². The van der Waals surface area contributed by atoms with Crippen LogP contribution in [-0.2, 0) is 11.3 Å². The molecule has 2 fully saturated rings. The van der Waals surface area contributed by atoms with Gasteiger partial charge in [0.25, 0.3) is 5.69 Å². The van der Waals surface area contributed by atoms with Crippen LogP contribution in [-0.4, -0.2) is 84.4 Å². The molecule has 2 aromatic carbocycles. The zero-order valence-electron chi connectivity index (χ0n) is 26.5. The van der Waals surface area contributed by atoms with Gasteiger partial charge in [-0.2, -0.15) is 0 Å². The second-order valence-corrected chi connectivity index (χ2v) is 12.5. The average Bonchev–Trinajstić information content (AvgIpc) is 3.12. The summed E-state index contributed by atoms with van der Waals surface area (Å²) in [5, 5.41) is 16.0. The van der Waals surface area contributed by atoms with E-state index in [1.165, 1.54) is 14.2 Å². The molecule has 1 N–H and O–H groups in total. The van der Waals surface area contributed by atoms with E-state index in [0.29, 0.717) is 62.6 Å². The predicted octanol–water partition coefficient (Wildman–Crippen LogP) is 6.47. The molecule has 3 aliphatic heterocycles. The van der Waals surface area contributed by atoms with E-state index in [2.05, 4.69) is 25.1 Å². The Bertz CT molecular complexity index is 1820. The van der Waals surface area contributed by atoms with Crippen LogP contribution in [0.15, 0.2) is 48.8 Å². The Balaban J connectivity index is 1.15. The number of rotatable bonds is 8. The molecule has 4 aromatic rings. The number of ether oxygens (including phenoxy) is 3. The molecule has 0 aliphatic carbocycles. The van der Waals surface area contributed by atoms with Gasteiger partial charge in [-0.25, -0.2) is 15.0 Å². The summed E-state index contributed by atoms with van der Waals surface area (Å²) in [4.78, 5) is 32.5. The first kappa shape index (κ1) is 32.1. The van der Waals surface area contributed by atoms with Gasteiger partial charge in [-0.3, -0.25) is 15.0 Å². The minimum Gasteiger partial charge on any atom is -0.495 e. The zero-order valence-corrected chi connectivity index (χ0v) is 28.0. The molecule has 0 radical (unpaired) electrons. The third kappa shape index (κ3) is 6.02. The molecule has 0 amide bonds. The SMILES string of the molecule is COc1cc(OC)c(Cl)c(N2Cc3cnc(Nc4ccc(N5CCC(N6CCOCC6)CC5)cc4[N+](=O)[O-])nc3-c3cccnc32)c1Cl. The lowest BCUT2D eigenvalue weighted by atomic mass is 10.0. The Kier molecular flexibility index (Phi) is 9.10. The lowest BCUT2D eigenvalue weighted by Gasteiger charge is -2.40. The molecule has 5 heterocycles. The van der Waals surface area contributed by atoms with Gasteiger partial charge in [-0.05, 0) is 37.1 Å². The monoisotopic (exact) mass is 692 g/mol. The van der Waals surface area contributed by atoms with Gasteiger partial charge in [0.15, 0.2) is 0 Å². The fourth-order valence-electron chi connectivity index (χ4n) is 6.68. The van der Waals surface area contributed by atoms with E-state index in [4.69, 9.17) is 42.4 Å².